The number of benzene rings is 2. The molecule has 0 radical (unpaired) electrons. The second-order valence-electron chi connectivity index (χ2n) is 9.18. The highest BCUT2D eigenvalue weighted by Crippen LogP contribution is 2.29. The van der Waals surface area contributed by atoms with E-state index in [0.29, 0.717) is 11.6 Å². The Hall–Kier alpha value is -3.06. The van der Waals surface area contributed by atoms with E-state index < -0.39 is 6.04 Å². The third kappa shape index (κ3) is 5.30. The van der Waals surface area contributed by atoms with Gasteiger partial charge in [0.1, 0.15) is 5.82 Å². The SMILES string of the molecule is CC(C)c1ccc([C@@H](NC(=O)[C@@H]2CC[C@H](C)N2CCc2cn[nH]n2)c2ccccc2)cc1F. The Labute approximate surface area is 194 Å². The molecular formula is C26H32FN5O. The van der Waals surface area contributed by atoms with Crippen LogP contribution in [0.5, 0.6) is 0 Å². The van der Waals surface area contributed by atoms with Crippen LogP contribution in [0.4, 0.5) is 4.39 Å². The van der Waals surface area contributed by atoms with Gasteiger partial charge >= 0.3 is 0 Å². The summed E-state index contributed by atoms with van der Waals surface area (Å²) in [5, 5.41) is 13.9. The van der Waals surface area contributed by atoms with Crippen LogP contribution in [0, 0.1) is 5.82 Å². The van der Waals surface area contributed by atoms with E-state index in [-0.39, 0.29) is 23.7 Å². The van der Waals surface area contributed by atoms with E-state index in [9.17, 15) is 9.18 Å². The van der Waals surface area contributed by atoms with Crippen LogP contribution >= 0.6 is 0 Å². The Bertz CT molecular complexity index is 1050. The van der Waals surface area contributed by atoms with Crippen LogP contribution < -0.4 is 5.32 Å². The standard InChI is InChI=1S/C26H32FN5O/c1-17(2)22-11-10-20(15-23(22)27)25(19-7-5-4-6-8-19)29-26(33)24-12-9-18(3)32(24)14-13-21-16-28-31-30-21/h4-8,10-11,15-18,24-25H,9,12-14H2,1-3H3,(H,29,33)(H,28,30,31)/t18-,24-,25-/m0/s1. The average molecular weight is 450 g/mol. The van der Waals surface area contributed by atoms with E-state index in [1.807, 2.05) is 56.3 Å². The zero-order chi connectivity index (χ0) is 23.4. The Morgan fingerprint density at radius 2 is 1.97 bits per heavy atom. The largest absolute Gasteiger partial charge is 0.344 e. The van der Waals surface area contributed by atoms with Crippen LogP contribution in [-0.4, -0.2) is 44.8 Å². The molecule has 3 aromatic rings. The summed E-state index contributed by atoms with van der Waals surface area (Å²) < 4.78 is 14.8. The predicted molar refractivity (Wildman–Crippen MR) is 126 cm³/mol. The van der Waals surface area contributed by atoms with E-state index in [2.05, 4.69) is 32.6 Å². The molecule has 2 heterocycles. The number of H-pyrrole nitrogens is 1. The van der Waals surface area contributed by atoms with E-state index in [1.54, 1.807) is 12.3 Å². The number of carbonyl (C=O) groups is 1. The monoisotopic (exact) mass is 449 g/mol. The lowest BCUT2D eigenvalue weighted by Gasteiger charge is -2.29. The molecule has 4 rings (SSSR count). The van der Waals surface area contributed by atoms with E-state index in [4.69, 9.17) is 0 Å². The van der Waals surface area contributed by atoms with Gasteiger partial charge in [-0.3, -0.25) is 9.69 Å². The van der Waals surface area contributed by atoms with Crippen molar-refractivity contribution in [2.24, 2.45) is 0 Å². The highest BCUT2D eigenvalue weighted by atomic mass is 19.1. The van der Waals surface area contributed by atoms with Crippen molar-refractivity contribution in [1.82, 2.24) is 25.6 Å². The van der Waals surface area contributed by atoms with Crippen LogP contribution in [0.1, 0.15) is 68.0 Å². The number of hydrogen-bond acceptors (Lipinski definition) is 4. The lowest BCUT2D eigenvalue weighted by molar-refractivity contribution is -0.126. The van der Waals surface area contributed by atoms with Gasteiger partial charge in [0.2, 0.25) is 5.91 Å². The highest BCUT2D eigenvalue weighted by Gasteiger charge is 2.36. The number of carbonyl (C=O) groups excluding carboxylic acids is 1. The van der Waals surface area contributed by atoms with Crippen LogP contribution in [0.2, 0.25) is 0 Å². The lowest BCUT2D eigenvalue weighted by atomic mass is 9.94. The molecule has 0 bridgehead atoms. The molecule has 2 aromatic carbocycles. The summed E-state index contributed by atoms with van der Waals surface area (Å²) in [4.78, 5) is 15.7. The maximum Gasteiger partial charge on any atom is 0.238 e. The first-order valence-electron chi connectivity index (χ1n) is 11.7. The number of hydrogen-bond donors (Lipinski definition) is 2. The number of rotatable bonds is 8. The van der Waals surface area contributed by atoms with E-state index >= 15 is 0 Å². The van der Waals surface area contributed by atoms with Crippen molar-refractivity contribution in [2.45, 2.75) is 64.1 Å². The van der Waals surface area contributed by atoms with Crippen molar-refractivity contribution in [3.63, 3.8) is 0 Å². The van der Waals surface area contributed by atoms with Gasteiger partial charge in [0, 0.05) is 19.0 Å². The summed E-state index contributed by atoms with van der Waals surface area (Å²) >= 11 is 0. The van der Waals surface area contributed by atoms with E-state index in [0.717, 1.165) is 42.6 Å². The van der Waals surface area contributed by atoms with Crippen molar-refractivity contribution in [2.75, 3.05) is 6.54 Å². The van der Waals surface area contributed by atoms with Gasteiger partial charge in [0.15, 0.2) is 0 Å². The molecule has 1 saturated heterocycles. The number of halogens is 1. The van der Waals surface area contributed by atoms with Gasteiger partial charge in [0.25, 0.3) is 0 Å². The Morgan fingerprint density at radius 3 is 2.64 bits per heavy atom. The minimum atomic E-state index is -0.414. The van der Waals surface area contributed by atoms with Gasteiger partial charge in [-0.2, -0.15) is 15.4 Å². The molecule has 7 heteroatoms. The van der Waals surface area contributed by atoms with Crippen molar-refractivity contribution in [1.29, 1.82) is 0 Å². The molecular weight excluding hydrogens is 417 g/mol. The maximum absolute atomic E-state index is 14.8. The normalized spacial score (nSPS) is 19.7. The van der Waals surface area contributed by atoms with Gasteiger partial charge in [0.05, 0.1) is 24.0 Å². The second kappa shape index (κ2) is 10.3. The first-order valence-corrected chi connectivity index (χ1v) is 11.7. The quantitative estimate of drug-likeness (QED) is 0.536. The molecule has 0 spiro atoms. The zero-order valence-electron chi connectivity index (χ0n) is 19.5. The highest BCUT2D eigenvalue weighted by molar-refractivity contribution is 5.83. The summed E-state index contributed by atoms with van der Waals surface area (Å²) in [6, 6.07) is 14.8. The fourth-order valence-electron chi connectivity index (χ4n) is 4.72. The predicted octanol–water partition coefficient (Wildman–Crippen LogP) is 4.37. The number of nitrogens with zero attached hydrogens (tertiary/aromatic N) is 3. The molecule has 174 valence electrons. The molecule has 1 aromatic heterocycles. The van der Waals surface area contributed by atoms with Gasteiger partial charge in [-0.25, -0.2) is 4.39 Å². The van der Waals surface area contributed by atoms with E-state index in [1.165, 1.54) is 0 Å². The van der Waals surface area contributed by atoms with Crippen molar-refractivity contribution in [3.05, 3.63) is 82.9 Å². The number of amides is 1. The number of aromatic nitrogens is 3. The lowest BCUT2D eigenvalue weighted by Crippen LogP contribution is -2.47. The Kier molecular flexibility index (Phi) is 7.18. The second-order valence-corrected chi connectivity index (χ2v) is 9.18. The topological polar surface area (TPSA) is 73.9 Å². The van der Waals surface area contributed by atoms with Crippen LogP contribution in [-0.2, 0) is 11.2 Å². The van der Waals surface area contributed by atoms with Crippen molar-refractivity contribution < 1.29 is 9.18 Å². The van der Waals surface area contributed by atoms with Gasteiger partial charge in [-0.1, -0.05) is 56.3 Å². The summed E-state index contributed by atoms with van der Waals surface area (Å²) in [6.07, 6.45) is 4.21. The number of likely N-dealkylation sites (tertiary alicyclic amines) is 1. The molecule has 1 amide bonds. The smallest absolute Gasteiger partial charge is 0.238 e. The number of nitrogens with one attached hydrogen (secondary N) is 2. The Balaban J connectivity index is 1.55. The zero-order valence-corrected chi connectivity index (χ0v) is 19.5. The average Bonchev–Trinajstić information content (AvgIpc) is 3.45. The van der Waals surface area contributed by atoms with Crippen LogP contribution in [0.3, 0.4) is 0 Å². The molecule has 1 fully saturated rings. The molecule has 1 aliphatic rings. The molecule has 0 unspecified atom stereocenters. The fraction of sp³-hybridized carbons (Fsp3) is 0.423. The molecule has 2 N–H and O–H groups in total. The molecule has 6 nitrogen and oxygen atoms in total. The molecule has 0 aliphatic carbocycles. The number of aromatic amines is 1. The van der Waals surface area contributed by atoms with Gasteiger partial charge in [-0.15, -0.1) is 0 Å². The minimum absolute atomic E-state index is 0.0262. The van der Waals surface area contributed by atoms with Crippen molar-refractivity contribution in [3.8, 4) is 0 Å². The summed E-state index contributed by atoms with van der Waals surface area (Å²) in [5.74, 6) is -0.162. The maximum atomic E-state index is 14.8. The summed E-state index contributed by atoms with van der Waals surface area (Å²) in [7, 11) is 0. The van der Waals surface area contributed by atoms with Gasteiger partial charge in [-0.05, 0) is 48.4 Å². The van der Waals surface area contributed by atoms with Crippen molar-refractivity contribution >= 4 is 5.91 Å². The summed E-state index contributed by atoms with van der Waals surface area (Å²) in [6.45, 7) is 6.84. The fourth-order valence-corrected chi connectivity index (χ4v) is 4.72. The molecule has 1 aliphatic heterocycles. The molecule has 33 heavy (non-hydrogen) atoms. The van der Waals surface area contributed by atoms with Gasteiger partial charge < -0.3 is 5.32 Å². The molecule has 3 atom stereocenters. The van der Waals surface area contributed by atoms with Crippen LogP contribution in [0.15, 0.2) is 54.7 Å². The van der Waals surface area contributed by atoms with Crippen LogP contribution in [0.25, 0.3) is 0 Å². The first-order chi connectivity index (χ1) is 15.9. The third-order valence-electron chi connectivity index (χ3n) is 6.62. The summed E-state index contributed by atoms with van der Waals surface area (Å²) in [5.41, 5.74) is 3.25. The first kappa shape index (κ1) is 23.1. The minimum Gasteiger partial charge on any atom is -0.344 e. The Morgan fingerprint density at radius 1 is 1.18 bits per heavy atom. The third-order valence-corrected chi connectivity index (χ3v) is 6.62. The molecule has 0 saturated carbocycles.